The molecule has 2 saturated heterocycles. The molecule has 0 radical (unpaired) electrons. The van der Waals surface area contributed by atoms with Crippen LogP contribution in [0.15, 0.2) is 60.8 Å². The lowest BCUT2D eigenvalue weighted by molar-refractivity contribution is -0.130. The van der Waals surface area contributed by atoms with E-state index in [1.54, 1.807) is 29.3 Å². The van der Waals surface area contributed by atoms with Crippen molar-refractivity contribution in [2.75, 3.05) is 59.1 Å². The number of hydrogen-bond donors (Lipinski definition) is 2. The number of nitrogens with one attached hydrogen (secondary N) is 2. The van der Waals surface area contributed by atoms with Gasteiger partial charge in [-0.1, -0.05) is 84.3 Å². The third-order valence-corrected chi connectivity index (χ3v) is 12.7. The maximum Gasteiger partial charge on any atom is 0.257 e. The first-order valence-electron chi connectivity index (χ1n) is 23.7. The molecule has 2 aromatic carbocycles. The molecule has 3 aliphatic rings. The van der Waals surface area contributed by atoms with Crippen LogP contribution >= 0.6 is 0 Å². The summed E-state index contributed by atoms with van der Waals surface area (Å²) in [5, 5.41) is 4.00. The summed E-state index contributed by atoms with van der Waals surface area (Å²) in [6.07, 6.45) is 24.2. The topological polar surface area (TPSA) is 107 Å². The highest BCUT2D eigenvalue weighted by Gasteiger charge is 2.38. The number of carbonyl (C=O) groups excluding carboxylic acids is 3. The van der Waals surface area contributed by atoms with Crippen LogP contribution in [0.1, 0.15) is 145 Å². The Kier molecular flexibility index (Phi) is 18.1. The number of aromatic amines is 1. The molecule has 1 atom stereocenters. The van der Waals surface area contributed by atoms with Crippen molar-refractivity contribution in [2.45, 2.75) is 135 Å². The van der Waals surface area contributed by atoms with Gasteiger partial charge in [0.05, 0.1) is 31.1 Å². The van der Waals surface area contributed by atoms with Gasteiger partial charge in [-0.3, -0.25) is 19.3 Å². The van der Waals surface area contributed by atoms with Gasteiger partial charge in [0.25, 0.3) is 11.8 Å². The summed E-state index contributed by atoms with van der Waals surface area (Å²) in [7, 11) is 0. The summed E-state index contributed by atoms with van der Waals surface area (Å²) in [4.78, 5) is 51.0. The van der Waals surface area contributed by atoms with E-state index in [9.17, 15) is 18.8 Å². The van der Waals surface area contributed by atoms with Gasteiger partial charge in [0.1, 0.15) is 11.6 Å². The highest BCUT2D eigenvalue weighted by Crippen LogP contribution is 2.41. The Labute approximate surface area is 369 Å². The molecule has 11 heteroatoms. The molecule has 2 N–H and O–H groups in total. The normalized spacial score (nSPS) is 17.9. The summed E-state index contributed by atoms with van der Waals surface area (Å²) in [6, 6.07) is 11.6. The van der Waals surface area contributed by atoms with Gasteiger partial charge in [0.15, 0.2) is 0 Å². The summed E-state index contributed by atoms with van der Waals surface area (Å²) in [5.74, 6) is -0.126. The molecule has 10 nitrogen and oxygen atoms in total. The Morgan fingerprint density at radius 3 is 2.31 bits per heavy atom. The molecule has 3 aromatic rings. The lowest BCUT2D eigenvalue weighted by Gasteiger charge is -2.29. The van der Waals surface area contributed by atoms with E-state index in [2.05, 4.69) is 34.3 Å². The molecular formula is C51H72FN5O5. The minimum atomic E-state index is -0.607. The van der Waals surface area contributed by atoms with E-state index < -0.39 is 5.41 Å². The van der Waals surface area contributed by atoms with Crippen molar-refractivity contribution >= 4 is 34.2 Å². The standard InChI is InChI=1S/C51H72FN5O5/c1-4-5-6-7-8-9-10-11-12-13-14-15-16-17-18-20-46(58)56-29-27-41(36-56)53-49(59)44-37-57(38-51(2,3)47-43-26-23-40(52)35-45(43)54-48(44)47)50(60)39-21-24-42(25-22-39)62-32-19-28-55-30-33-61-34-31-55/h11-12,21-26,35,37,41,54H,4-10,13-20,27-34,36,38H2,1-3H3,(H,53,59). The van der Waals surface area contributed by atoms with Crippen molar-refractivity contribution in [1.82, 2.24) is 25.0 Å². The molecule has 3 amide bonds. The van der Waals surface area contributed by atoms with E-state index in [1.807, 2.05) is 30.9 Å². The van der Waals surface area contributed by atoms with E-state index in [4.69, 9.17) is 9.47 Å². The number of hydrogen-bond acceptors (Lipinski definition) is 6. The summed E-state index contributed by atoms with van der Waals surface area (Å²) in [6.45, 7) is 12.6. The predicted molar refractivity (Wildman–Crippen MR) is 247 cm³/mol. The molecule has 4 heterocycles. The second kappa shape index (κ2) is 23.8. The molecule has 0 bridgehead atoms. The van der Waals surface area contributed by atoms with E-state index in [0.717, 1.165) is 75.9 Å². The van der Waals surface area contributed by atoms with Gasteiger partial charge in [0.2, 0.25) is 5.91 Å². The second-order valence-electron chi connectivity index (χ2n) is 18.2. The number of ether oxygens (including phenoxy) is 2. The van der Waals surface area contributed by atoms with Crippen molar-refractivity contribution < 1.29 is 28.2 Å². The van der Waals surface area contributed by atoms with Gasteiger partial charge in [-0.25, -0.2) is 4.39 Å². The average Bonchev–Trinajstić information content (AvgIpc) is 3.87. The third kappa shape index (κ3) is 13.5. The number of halogens is 1. The Morgan fingerprint density at radius 2 is 1.58 bits per heavy atom. The van der Waals surface area contributed by atoms with E-state index in [0.29, 0.717) is 67.2 Å². The lowest BCUT2D eigenvalue weighted by Crippen LogP contribution is -2.39. The summed E-state index contributed by atoms with van der Waals surface area (Å²) < 4.78 is 25.9. The number of morpholine rings is 1. The maximum absolute atomic E-state index is 14.5. The second-order valence-corrected chi connectivity index (χ2v) is 18.2. The van der Waals surface area contributed by atoms with Gasteiger partial charge < -0.3 is 29.6 Å². The Morgan fingerprint density at radius 1 is 0.887 bits per heavy atom. The van der Waals surface area contributed by atoms with Crippen LogP contribution in [0, 0.1) is 5.82 Å². The summed E-state index contributed by atoms with van der Waals surface area (Å²) in [5.41, 5.74) is 2.19. The smallest absolute Gasteiger partial charge is 0.257 e. The SMILES string of the molecule is CCCCCCCCC=CCCCCCCCC(=O)N1CCC(NC(=O)C2=CN(C(=O)c3ccc(OCCCN4CCOCC4)cc3)CC(C)(C)c3c2[nH]c2cc(F)ccc32)C1. The van der Waals surface area contributed by atoms with Crippen LogP contribution in [0.3, 0.4) is 0 Å². The predicted octanol–water partition coefficient (Wildman–Crippen LogP) is 9.94. The van der Waals surface area contributed by atoms with E-state index in [-0.39, 0.29) is 29.6 Å². The van der Waals surface area contributed by atoms with Crippen LogP contribution in [0.2, 0.25) is 0 Å². The highest BCUT2D eigenvalue weighted by molar-refractivity contribution is 6.21. The number of allylic oxidation sites excluding steroid dienone is 2. The molecule has 2 fully saturated rings. The minimum absolute atomic E-state index is 0.135. The van der Waals surface area contributed by atoms with Crippen LogP contribution in [-0.4, -0.2) is 103 Å². The minimum Gasteiger partial charge on any atom is -0.494 e. The number of nitrogens with zero attached hydrogens (tertiary/aromatic N) is 3. The van der Waals surface area contributed by atoms with Crippen molar-refractivity contribution in [1.29, 1.82) is 0 Å². The maximum atomic E-state index is 14.5. The molecule has 3 aliphatic heterocycles. The van der Waals surface area contributed by atoms with Crippen LogP contribution in [-0.2, 0) is 19.7 Å². The summed E-state index contributed by atoms with van der Waals surface area (Å²) >= 11 is 0. The fourth-order valence-corrected chi connectivity index (χ4v) is 9.18. The monoisotopic (exact) mass is 854 g/mol. The van der Waals surface area contributed by atoms with Gasteiger partial charge in [-0.15, -0.1) is 0 Å². The highest BCUT2D eigenvalue weighted by atomic mass is 19.1. The van der Waals surface area contributed by atoms with Crippen LogP contribution in [0.4, 0.5) is 4.39 Å². The number of carbonyl (C=O) groups is 3. The molecule has 0 spiro atoms. The number of aromatic nitrogens is 1. The van der Waals surface area contributed by atoms with Gasteiger partial charge in [0, 0.05) is 79.8 Å². The average molecular weight is 854 g/mol. The lowest BCUT2D eigenvalue weighted by atomic mass is 9.81. The first-order valence-corrected chi connectivity index (χ1v) is 23.7. The van der Waals surface area contributed by atoms with Gasteiger partial charge in [-0.2, -0.15) is 0 Å². The fraction of sp³-hybridized carbons (Fsp3) is 0.588. The molecule has 338 valence electrons. The molecule has 0 aliphatic carbocycles. The number of benzene rings is 2. The largest absolute Gasteiger partial charge is 0.494 e. The number of fused-ring (bicyclic) bond motifs is 3. The zero-order valence-corrected chi connectivity index (χ0v) is 37.8. The number of unbranched alkanes of at least 4 members (excludes halogenated alkanes) is 11. The first kappa shape index (κ1) is 47.0. The molecular weight excluding hydrogens is 782 g/mol. The number of rotatable bonds is 23. The number of H-pyrrole nitrogens is 1. The number of likely N-dealkylation sites (tertiary alicyclic amines) is 1. The fourth-order valence-electron chi connectivity index (χ4n) is 9.18. The first-order chi connectivity index (χ1) is 30.1. The Bertz CT molecular complexity index is 1970. The number of amides is 3. The van der Waals surface area contributed by atoms with E-state index >= 15 is 0 Å². The van der Waals surface area contributed by atoms with Crippen molar-refractivity contribution in [3.8, 4) is 5.75 Å². The van der Waals surface area contributed by atoms with Crippen LogP contribution < -0.4 is 10.1 Å². The quantitative estimate of drug-likeness (QED) is 0.0727. The van der Waals surface area contributed by atoms with Gasteiger partial charge in [-0.05, 0) is 93.0 Å². The zero-order valence-electron chi connectivity index (χ0n) is 37.8. The molecule has 62 heavy (non-hydrogen) atoms. The third-order valence-electron chi connectivity index (χ3n) is 12.7. The Balaban J connectivity index is 1.01. The zero-order chi connectivity index (χ0) is 43.7. The van der Waals surface area contributed by atoms with Crippen molar-refractivity contribution in [2.24, 2.45) is 0 Å². The van der Waals surface area contributed by atoms with Crippen LogP contribution in [0.25, 0.3) is 16.5 Å². The van der Waals surface area contributed by atoms with Crippen molar-refractivity contribution in [3.63, 3.8) is 0 Å². The van der Waals surface area contributed by atoms with Gasteiger partial charge >= 0.3 is 0 Å². The van der Waals surface area contributed by atoms with Crippen molar-refractivity contribution in [3.05, 3.63) is 83.5 Å². The molecule has 1 unspecified atom stereocenters. The van der Waals surface area contributed by atoms with E-state index in [1.165, 1.54) is 69.9 Å². The molecule has 1 aromatic heterocycles. The molecule has 6 rings (SSSR count). The van der Waals surface area contributed by atoms with Crippen LogP contribution in [0.5, 0.6) is 5.75 Å². The Hall–Kier alpha value is -4.48. The molecule has 0 saturated carbocycles.